The molecule has 26 heavy (non-hydrogen) atoms. The van der Waals surface area contributed by atoms with Crippen LogP contribution >= 0.6 is 0 Å². The monoisotopic (exact) mass is 360 g/mol. The highest BCUT2D eigenvalue weighted by atomic mass is 16.5. The molecule has 1 saturated heterocycles. The van der Waals surface area contributed by atoms with E-state index in [0.717, 1.165) is 28.9 Å². The largest absolute Gasteiger partial charge is 0.491 e. The van der Waals surface area contributed by atoms with E-state index in [1.807, 2.05) is 32.0 Å². The van der Waals surface area contributed by atoms with Crippen molar-refractivity contribution in [3.05, 3.63) is 29.3 Å². The van der Waals surface area contributed by atoms with Gasteiger partial charge in [0, 0.05) is 0 Å². The fourth-order valence-corrected chi connectivity index (χ4v) is 3.91. The summed E-state index contributed by atoms with van der Waals surface area (Å²) in [6.07, 6.45) is 2.27. The molecule has 1 saturated carbocycles. The lowest BCUT2D eigenvalue weighted by Gasteiger charge is -2.33. The van der Waals surface area contributed by atoms with Crippen molar-refractivity contribution in [2.24, 2.45) is 5.92 Å². The number of nitrogens with one attached hydrogen (secondary N) is 1. The molecule has 2 aliphatic rings. The van der Waals surface area contributed by atoms with Crippen LogP contribution in [0.3, 0.4) is 0 Å². The van der Waals surface area contributed by atoms with E-state index >= 15 is 0 Å². The number of hydrogen-bond donors (Lipinski definition) is 2. The van der Waals surface area contributed by atoms with E-state index in [-0.39, 0.29) is 19.1 Å². The van der Waals surface area contributed by atoms with Crippen LogP contribution in [0.2, 0.25) is 0 Å². The van der Waals surface area contributed by atoms with E-state index < -0.39 is 17.7 Å². The zero-order valence-corrected chi connectivity index (χ0v) is 15.7. The number of aliphatic hydroxyl groups is 1. The molecule has 1 aromatic rings. The lowest BCUT2D eigenvalue weighted by atomic mass is 9.77. The zero-order valence-electron chi connectivity index (χ0n) is 15.7. The van der Waals surface area contributed by atoms with Crippen molar-refractivity contribution in [3.8, 4) is 5.75 Å². The summed E-state index contributed by atoms with van der Waals surface area (Å²) < 4.78 is 5.64. The van der Waals surface area contributed by atoms with Crippen LogP contribution < -0.4 is 10.1 Å². The molecule has 1 spiro atoms. The van der Waals surface area contributed by atoms with Gasteiger partial charge in [0.05, 0.1) is 6.54 Å². The summed E-state index contributed by atoms with van der Waals surface area (Å²) in [5.74, 6) is 1.05. The zero-order chi connectivity index (χ0) is 18.9. The van der Waals surface area contributed by atoms with E-state index in [0.29, 0.717) is 24.5 Å². The second-order valence-corrected chi connectivity index (χ2v) is 7.90. The first-order valence-corrected chi connectivity index (χ1v) is 9.32. The lowest BCUT2D eigenvalue weighted by Crippen LogP contribution is -2.49. The summed E-state index contributed by atoms with van der Waals surface area (Å²) in [6.45, 7) is 6.11. The Balaban J connectivity index is 1.58. The van der Waals surface area contributed by atoms with E-state index in [1.54, 1.807) is 0 Å². The Labute approximate surface area is 154 Å². The Bertz CT molecular complexity index is 675. The Kier molecular flexibility index (Phi) is 5.23. The minimum absolute atomic E-state index is 0.0317. The number of urea groups is 1. The number of amides is 3. The van der Waals surface area contributed by atoms with E-state index in [9.17, 15) is 14.7 Å². The molecule has 3 amide bonds. The number of imide groups is 1. The van der Waals surface area contributed by atoms with Crippen LogP contribution in [0, 0.1) is 19.8 Å². The van der Waals surface area contributed by atoms with E-state index in [4.69, 9.17) is 4.74 Å². The highest BCUT2D eigenvalue weighted by molar-refractivity contribution is 6.07. The van der Waals surface area contributed by atoms with Crippen molar-refractivity contribution in [3.63, 3.8) is 0 Å². The fraction of sp³-hybridized carbons (Fsp3) is 0.600. The second kappa shape index (κ2) is 7.27. The Morgan fingerprint density at radius 3 is 2.46 bits per heavy atom. The van der Waals surface area contributed by atoms with Gasteiger partial charge in [0.25, 0.3) is 5.91 Å². The van der Waals surface area contributed by atoms with E-state index in [1.165, 1.54) is 0 Å². The van der Waals surface area contributed by atoms with Crippen molar-refractivity contribution in [2.45, 2.75) is 58.1 Å². The van der Waals surface area contributed by atoms with Crippen LogP contribution in [0.4, 0.5) is 4.79 Å². The third-order valence-corrected chi connectivity index (χ3v) is 5.40. The van der Waals surface area contributed by atoms with Crippen LogP contribution in [0.25, 0.3) is 0 Å². The van der Waals surface area contributed by atoms with Crippen molar-refractivity contribution in [1.82, 2.24) is 10.2 Å². The van der Waals surface area contributed by atoms with Gasteiger partial charge in [-0.1, -0.05) is 13.0 Å². The van der Waals surface area contributed by atoms with Crippen LogP contribution in [0.15, 0.2) is 18.2 Å². The van der Waals surface area contributed by atoms with Gasteiger partial charge in [-0.2, -0.15) is 0 Å². The summed E-state index contributed by atoms with van der Waals surface area (Å²) >= 11 is 0. The molecule has 1 heterocycles. The number of β-amino-alcohol motifs (C(OH)–C–C–N with tert-alkyl or cyclic N) is 1. The molecule has 3 rings (SSSR count). The Morgan fingerprint density at radius 1 is 1.23 bits per heavy atom. The highest BCUT2D eigenvalue weighted by Crippen LogP contribution is 2.36. The predicted octanol–water partition coefficient (Wildman–Crippen LogP) is 2.54. The first-order valence-electron chi connectivity index (χ1n) is 9.32. The van der Waals surface area contributed by atoms with Gasteiger partial charge >= 0.3 is 6.03 Å². The number of carbonyl (C=O) groups is 2. The maximum absolute atomic E-state index is 12.8. The molecule has 1 aliphatic heterocycles. The molecule has 1 atom stereocenters. The van der Waals surface area contributed by atoms with Crippen LogP contribution in [0.5, 0.6) is 5.75 Å². The molecular formula is C20H28N2O4. The van der Waals surface area contributed by atoms with Crippen molar-refractivity contribution < 1.29 is 19.4 Å². The molecule has 0 aromatic heterocycles. The number of nitrogens with zero attached hydrogens (tertiary/aromatic N) is 1. The van der Waals surface area contributed by atoms with Crippen molar-refractivity contribution in [1.29, 1.82) is 0 Å². The van der Waals surface area contributed by atoms with Crippen molar-refractivity contribution in [2.75, 3.05) is 13.2 Å². The number of aryl methyl sites for hydroxylation is 2. The van der Waals surface area contributed by atoms with Gasteiger partial charge < -0.3 is 15.2 Å². The first-order chi connectivity index (χ1) is 12.3. The Morgan fingerprint density at radius 2 is 1.85 bits per heavy atom. The minimum Gasteiger partial charge on any atom is -0.491 e. The normalized spacial score (nSPS) is 26.9. The summed E-state index contributed by atoms with van der Waals surface area (Å²) in [5.41, 5.74) is 1.40. The van der Waals surface area contributed by atoms with Crippen LogP contribution in [0.1, 0.15) is 43.7 Å². The molecule has 0 bridgehead atoms. The van der Waals surface area contributed by atoms with Gasteiger partial charge in [0.1, 0.15) is 24.0 Å². The van der Waals surface area contributed by atoms with Gasteiger partial charge in [-0.25, -0.2) is 4.79 Å². The molecule has 1 aliphatic carbocycles. The fourth-order valence-electron chi connectivity index (χ4n) is 3.91. The molecule has 142 valence electrons. The summed E-state index contributed by atoms with van der Waals surface area (Å²) in [4.78, 5) is 26.2. The topological polar surface area (TPSA) is 78.9 Å². The maximum Gasteiger partial charge on any atom is 0.325 e. The lowest BCUT2D eigenvalue weighted by molar-refractivity contribution is -0.133. The number of aliphatic hydroxyl groups excluding tert-OH is 1. The molecule has 1 aromatic carbocycles. The average molecular weight is 360 g/mol. The first kappa shape index (κ1) is 18.7. The molecule has 6 nitrogen and oxygen atoms in total. The smallest absolute Gasteiger partial charge is 0.325 e. The second-order valence-electron chi connectivity index (χ2n) is 7.90. The number of rotatable bonds is 5. The number of carbonyl (C=O) groups excluding carboxylic acids is 2. The quantitative estimate of drug-likeness (QED) is 0.791. The van der Waals surface area contributed by atoms with Gasteiger partial charge in [-0.15, -0.1) is 0 Å². The van der Waals surface area contributed by atoms with Crippen LogP contribution in [-0.2, 0) is 4.79 Å². The van der Waals surface area contributed by atoms with Gasteiger partial charge in [-0.05, 0) is 68.7 Å². The van der Waals surface area contributed by atoms with Gasteiger partial charge in [0.2, 0.25) is 0 Å². The molecule has 2 fully saturated rings. The maximum atomic E-state index is 12.8. The van der Waals surface area contributed by atoms with Crippen molar-refractivity contribution >= 4 is 11.9 Å². The van der Waals surface area contributed by atoms with Crippen LogP contribution in [-0.4, -0.2) is 46.7 Å². The van der Waals surface area contributed by atoms with E-state index in [2.05, 4.69) is 12.2 Å². The predicted molar refractivity (Wildman–Crippen MR) is 98.0 cm³/mol. The standard InChI is InChI=1S/C20H28N2O4/c1-13-4-6-20(7-5-13)18(24)22(19(25)21-20)11-16(23)12-26-17-9-14(2)8-15(3)10-17/h8-10,13,16,23H,4-7,11-12H2,1-3H3,(H,21,25)/t13?,16-,20?/m1/s1. The Hall–Kier alpha value is -2.08. The summed E-state index contributed by atoms with van der Waals surface area (Å²) in [6, 6.07) is 5.42. The molecular weight excluding hydrogens is 332 g/mol. The average Bonchev–Trinajstić information content (AvgIpc) is 2.79. The number of benzene rings is 1. The summed E-state index contributed by atoms with van der Waals surface area (Å²) in [5, 5.41) is 13.1. The minimum atomic E-state index is -0.928. The number of ether oxygens (including phenoxy) is 1. The SMILES string of the molecule is Cc1cc(C)cc(OC[C@H](O)CN2C(=O)NC3(CCC(C)CC3)C2=O)c1. The molecule has 0 radical (unpaired) electrons. The third kappa shape index (κ3) is 3.85. The third-order valence-electron chi connectivity index (χ3n) is 5.40. The van der Waals surface area contributed by atoms with Gasteiger partial charge in [0.15, 0.2) is 0 Å². The summed E-state index contributed by atoms with van der Waals surface area (Å²) in [7, 11) is 0. The molecule has 6 heteroatoms. The number of hydrogen-bond acceptors (Lipinski definition) is 4. The highest BCUT2D eigenvalue weighted by Gasteiger charge is 2.52. The molecule has 0 unspecified atom stereocenters. The van der Waals surface area contributed by atoms with Gasteiger partial charge in [-0.3, -0.25) is 9.69 Å². The molecule has 2 N–H and O–H groups in total.